The Morgan fingerprint density at radius 2 is 1.39 bits per heavy atom. The van der Waals surface area contributed by atoms with Crippen molar-refractivity contribution in [3.8, 4) is 11.5 Å². The number of halogens is 1. The van der Waals surface area contributed by atoms with Gasteiger partial charge in [-0.25, -0.2) is 8.42 Å². The lowest BCUT2D eigenvalue weighted by molar-refractivity contribution is 0.276. The summed E-state index contributed by atoms with van der Waals surface area (Å²) in [6.45, 7) is 3.75. The Hall–Kier alpha value is -3.32. The Morgan fingerprint density at radius 3 is 2.07 bits per heavy atom. The van der Waals surface area contributed by atoms with Crippen LogP contribution in [0, 0.1) is 5.92 Å². The summed E-state index contributed by atoms with van der Waals surface area (Å²) >= 11 is 5.97. The van der Waals surface area contributed by atoms with Crippen LogP contribution in [0.15, 0.2) is 101 Å². The van der Waals surface area contributed by atoms with E-state index in [1.165, 1.54) is 18.4 Å². The molecule has 0 aromatic heterocycles. The summed E-state index contributed by atoms with van der Waals surface area (Å²) in [6, 6.07) is 27.7. The molecule has 0 radical (unpaired) electrons. The number of fused-ring (bicyclic) bond motifs is 1. The van der Waals surface area contributed by atoms with Crippen molar-refractivity contribution in [3.63, 3.8) is 0 Å². The molecule has 5 nitrogen and oxygen atoms in total. The van der Waals surface area contributed by atoms with Gasteiger partial charge in [0.2, 0.25) is 9.84 Å². The van der Waals surface area contributed by atoms with Crippen molar-refractivity contribution in [2.75, 3.05) is 19.6 Å². The molecule has 1 fully saturated rings. The summed E-state index contributed by atoms with van der Waals surface area (Å²) in [5, 5.41) is 0.670. The topological polar surface area (TPSA) is 55.8 Å². The standard InChI is InChI=1S/C34H34ClNO4S/c35-30-10-8-27(9-11-30)23-39-31-12-14-32(15-13-31)41(37,38)34-21-29-17-19-36(22-25-6-7-25)18-16-28(29)20-33(34)40-24-26-4-2-1-3-5-26/h1-5,8-15,20-21,25H,6-7,16-19,22-24H2. The molecule has 0 saturated heterocycles. The van der Waals surface area contributed by atoms with E-state index < -0.39 is 9.84 Å². The van der Waals surface area contributed by atoms with Crippen LogP contribution in [0.3, 0.4) is 0 Å². The normalized spacial score (nSPS) is 15.6. The first-order valence-electron chi connectivity index (χ1n) is 14.2. The van der Waals surface area contributed by atoms with E-state index in [0.29, 0.717) is 29.7 Å². The second-order valence-electron chi connectivity index (χ2n) is 11.0. The van der Waals surface area contributed by atoms with Gasteiger partial charge >= 0.3 is 0 Å². The van der Waals surface area contributed by atoms with Crippen molar-refractivity contribution in [2.45, 2.75) is 48.7 Å². The third kappa shape index (κ3) is 6.95. The number of hydrogen-bond donors (Lipinski definition) is 0. The van der Waals surface area contributed by atoms with Crippen LogP contribution in [0.5, 0.6) is 11.5 Å². The molecule has 0 atom stereocenters. The molecule has 1 heterocycles. The average molecular weight is 588 g/mol. The molecule has 4 aromatic carbocycles. The molecule has 1 aliphatic carbocycles. The minimum atomic E-state index is -3.84. The van der Waals surface area contributed by atoms with Crippen LogP contribution in [0.2, 0.25) is 5.02 Å². The summed E-state index contributed by atoms with van der Waals surface area (Å²) in [5.41, 5.74) is 4.24. The zero-order chi connectivity index (χ0) is 28.2. The van der Waals surface area contributed by atoms with Gasteiger partial charge < -0.3 is 14.4 Å². The molecule has 6 rings (SSSR count). The highest BCUT2D eigenvalue weighted by atomic mass is 35.5. The van der Waals surface area contributed by atoms with Gasteiger partial charge in [0.1, 0.15) is 29.6 Å². The van der Waals surface area contributed by atoms with Gasteiger partial charge in [-0.15, -0.1) is 0 Å². The predicted octanol–water partition coefficient (Wildman–Crippen LogP) is 7.14. The lowest BCUT2D eigenvalue weighted by Gasteiger charge is -2.18. The second kappa shape index (κ2) is 12.3. The molecule has 41 heavy (non-hydrogen) atoms. The Balaban J connectivity index is 1.25. The van der Waals surface area contributed by atoms with Gasteiger partial charge in [-0.05, 0) is 102 Å². The fraction of sp³-hybridized carbons (Fsp3) is 0.294. The Morgan fingerprint density at radius 1 is 0.756 bits per heavy atom. The average Bonchev–Trinajstić information content (AvgIpc) is 3.84. The summed E-state index contributed by atoms with van der Waals surface area (Å²) in [6.07, 6.45) is 4.38. The number of rotatable bonds is 10. The van der Waals surface area contributed by atoms with Crippen molar-refractivity contribution < 1.29 is 17.9 Å². The Bertz CT molecular complexity index is 1580. The van der Waals surface area contributed by atoms with E-state index in [1.807, 2.05) is 66.7 Å². The number of nitrogens with zero attached hydrogens (tertiary/aromatic N) is 1. The van der Waals surface area contributed by atoms with Crippen LogP contribution in [-0.4, -0.2) is 33.0 Å². The molecule has 1 aliphatic heterocycles. The van der Waals surface area contributed by atoms with Gasteiger partial charge in [0.15, 0.2) is 0 Å². The van der Waals surface area contributed by atoms with Gasteiger partial charge in [-0.1, -0.05) is 54.1 Å². The Kier molecular flexibility index (Phi) is 8.33. The quantitative estimate of drug-likeness (QED) is 0.197. The van der Waals surface area contributed by atoms with Gasteiger partial charge in [0.05, 0.1) is 4.90 Å². The van der Waals surface area contributed by atoms with Crippen molar-refractivity contribution in [1.29, 1.82) is 0 Å². The van der Waals surface area contributed by atoms with E-state index >= 15 is 0 Å². The van der Waals surface area contributed by atoms with E-state index in [2.05, 4.69) is 4.90 Å². The lowest BCUT2D eigenvalue weighted by Crippen LogP contribution is -2.28. The molecule has 0 bridgehead atoms. The molecule has 212 valence electrons. The monoisotopic (exact) mass is 587 g/mol. The van der Waals surface area contributed by atoms with Crippen LogP contribution >= 0.6 is 11.6 Å². The van der Waals surface area contributed by atoms with Crippen LogP contribution in [0.1, 0.15) is 35.1 Å². The van der Waals surface area contributed by atoms with Gasteiger partial charge in [0.25, 0.3) is 0 Å². The van der Waals surface area contributed by atoms with Crippen molar-refractivity contribution >= 4 is 21.4 Å². The molecule has 0 unspecified atom stereocenters. The third-order valence-electron chi connectivity index (χ3n) is 7.85. The largest absolute Gasteiger partial charge is 0.489 e. The van der Waals surface area contributed by atoms with E-state index in [-0.39, 0.29) is 9.79 Å². The summed E-state index contributed by atoms with van der Waals surface area (Å²) in [7, 11) is -3.84. The van der Waals surface area contributed by atoms with Gasteiger partial charge in [-0.2, -0.15) is 0 Å². The highest BCUT2D eigenvalue weighted by Crippen LogP contribution is 2.36. The zero-order valence-electron chi connectivity index (χ0n) is 23.0. The number of sulfone groups is 1. The molecule has 0 spiro atoms. The van der Waals surface area contributed by atoms with Crippen LogP contribution < -0.4 is 9.47 Å². The van der Waals surface area contributed by atoms with Crippen LogP contribution in [-0.2, 0) is 35.9 Å². The maximum Gasteiger partial charge on any atom is 0.210 e. The molecule has 7 heteroatoms. The minimum absolute atomic E-state index is 0.213. The van der Waals surface area contributed by atoms with Gasteiger partial charge in [-0.3, -0.25) is 0 Å². The van der Waals surface area contributed by atoms with E-state index in [4.69, 9.17) is 21.1 Å². The second-order valence-corrected chi connectivity index (χ2v) is 13.3. The van der Waals surface area contributed by atoms with Crippen molar-refractivity contribution in [3.05, 3.63) is 118 Å². The molecule has 1 saturated carbocycles. The highest BCUT2D eigenvalue weighted by Gasteiger charge is 2.28. The van der Waals surface area contributed by atoms with Crippen molar-refractivity contribution in [1.82, 2.24) is 4.90 Å². The molecule has 0 amide bonds. The number of hydrogen-bond acceptors (Lipinski definition) is 5. The summed E-state index contributed by atoms with van der Waals surface area (Å²) < 4.78 is 40.2. The number of benzene rings is 4. The smallest absolute Gasteiger partial charge is 0.210 e. The van der Waals surface area contributed by atoms with Crippen LogP contribution in [0.25, 0.3) is 0 Å². The first-order chi connectivity index (χ1) is 19.9. The summed E-state index contributed by atoms with van der Waals surface area (Å²) in [4.78, 5) is 2.96. The van der Waals surface area contributed by atoms with Crippen LogP contribution in [0.4, 0.5) is 0 Å². The third-order valence-corrected chi connectivity index (χ3v) is 9.90. The fourth-order valence-corrected chi connectivity index (χ4v) is 6.83. The fourth-order valence-electron chi connectivity index (χ4n) is 5.27. The molecule has 4 aromatic rings. The number of ether oxygens (including phenoxy) is 2. The van der Waals surface area contributed by atoms with E-state index in [9.17, 15) is 8.42 Å². The molecule has 2 aliphatic rings. The summed E-state index contributed by atoms with van der Waals surface area (Å²) in [5.74, 6) is 1.83. The maximum absolute atomic E-state index is 14.0. The Labute approximate surface area is 247 Å². The lowest BCUT2D eigenvalue weighted by atomic mass is 10.0. The maximum atomic E-state index is 14.0. The predicted molar refractivity (Wildman–Crippen MR) is 161 cm³/mol. The van der Waals surface area contributed by atoms with Gasteiger partial charge in [0, 0.05) is 24.7 Å². The molecular weight excluding hydrogens is 554 g/mol. The highest BCUT2D eigenvalue weighted by molar-refractivity contribution is 7.91. The first-order valence-corrected chi connectivity index (χ1v) is 16.1. The first kappa shape index (κ1) is 27.8. The van der Waals surface area contributed by atoms with E-state index in [1.54, 1.807) is 24.3 Å². The SMILES string of the molecule is O=S(=O)(c1ccc(OCc2ccc(Cl)cc2)cc1)c1cc2c(cc1OCc1ccccc1)CCN(CC1CC1)CC2. The van der Waals surface area contributed by atoms with E-state index in [0.717, 1.165) is 55.1 Å². The molecular formula is C34H34ClNO4S. The van der Waals surface area contributed by atoms with Crippen molar-refractivity contribution in [2.24, 2.45) is 5.92 Å². The molecule has 0 N–H and O–H groups in total. The minimum Gasteiger partial charge on any atom is -0.489 e. The zero-order valence-corrected chi connectivity index (χ0v) is 24.5.